The molecule has 1 saturated heterocycles. The highest BCUT2D eigenvalue weighted by molar-refractivity contribution is 5.83. The van der Waals surface area contributed by atoms with E-state index >= 15 is 0 Å². The number of unbranched alkanes of at least 4 members (excludes halogenated alkanes) is 1. The molecule has 0 unspecified atom stereocenters. The van der Waals surface area contributed by atoms with Crippen molar-refractivity contribution >= 4 is 5.91 Å². The van der Waals surface area contributed by atoms with Gasteiger partial charge in [-0.05, 0) is 81.6 Å². The zero-order valence-electron chi connectivity index (χ0n) is 18.1. The third kappa shape index (κ3) is 6.13. The number of carbonyl (C=O) groups is 1. The number of benzene rings is 2. The van der Waals surface area contributed by atoms with Gasteiger partial charge in [0.2, 0.25) is 5.91 Å². The van der Waals surface area contributed by atoms with E-state index in [0.29, 0.717) is 26.2 Å². The Balaban J connectivity index is 1.70. The van der Waals surface area contributed by atoms with Gasteiger partial charge >= 0.3 is 0 Å². The highest BCUT2D eigenvalue weighted by atomic mass is 19.1. The first-order valence-electron chi connectivity index (χ1n) is 10.8. The van der Waals surface area contributed by atoms with Crippen molar-refractivity contribution in [3.63, 3.8) is 0 Å². The maximum absolute atomic E-state index is 13.6. The molecule has 1 amide bonds. The van der Waals surface area contributed by atoms with Crippen LogP contribution in [0.25, 0.3) is 11.1 Å². The molecule has 30 heavy (non-hydrogen) atoms. The van der Waals surface area contributed by atoms with E-state index in [4.69, 9.17) is 4.74 Å². The van der Waals surface area contributed by atoms with Crippen LogP contribution in [0.15, 0.2) is 48.5 Å². The van der Waals surface area contributed by atoms with Crippen molar-refractivity contribution in [2.24, 2.45) is 5.41 Å². The van der Waals surface area contributed by atoms with Crippen LogP contribution in [-0.4, -0.2) is 51.2 Å². The van der Waals surface area contributed by atoms with Crippen molar-refractivity contribution in [1.29, 1.82) is 0 Å². The smallest absolute Gasteiger partial charge is 0.226 e. The minimum atomic E-state index is -0.444. The van der Waals surface area contributed by atoms with Crippen LogP contribution in [-0.2, 0) is 16.0 Å². The summed E-state index contributed by atoms with van der Waals surface area (Å²) in [5.74, 6) is -0.112. The van der Waals surface area contributed by atoms with Crippen LogP contribution in [0.4, 0.5) is 4.39 Å². The van der Waals surface area contributed by atoms with Gasteiger partial charge in [0, 0.05) is 19.8 Å². The van der Waals surface area contributed by atoms with E-state index in [1.165, 1.54) is 6.07 Å². The summed E-state index contributed by atoms with van der Waals surface area (Å²) < 4.78 is 19.2. The lowest BCUT2D eigenvalue weighted by molar-refractivity contribution is -0.136. The highest BCUT2D eigenvalue weighted by Crippen LogP contribution is 2.35. The maximum Gasteiger partial charge on any atom is 0.226 e. The first kappa shape index (κ1) is 22.4. The molecule has 1 aliphatic rings. The average Bonchev–Trinajstić information content (AvgIpc) is 2.74. The van der Waals surface area contributed by atoms with Crippen LogP contribution in [0, 0.1) is 11.2 Å². The van der Waals surface area contributed by atoms with Crippen molar-refractivity contribution in [1.82, 2.24) is 10.2 Å². The van der Waals surface area contributed by atoms with Gasteiger partial charge in [-0.1, -0.05) is 36.4 Å². The summed E-state index contributed by atoms with van der Waals surface area (Å²) in [6.45, 7) is 2.95. The molecule has 1 aliphatic heterocycles. The summed E-state index contributed by atoms with van der Waals surface area (Å²) in [4.78, 5) is 15.4. The number of amides is 1. The summed E-state index contributed by atoms with van der Waals surface area (Å²) in [5, 5.41) is 3.18. The fraction of sp³-hybridized carbons (Fsp3) is 0.480. The Kier molecular flexibility index (Phi) is 8.00. The van der Waals surface area contributed by atoms with E-state index in [0.717, 1.165) is 48.9 Å². The fourth-order valence-electron chi connectivity index (χ4n) is 4.11. The summed E-state index contributed by atoms with van der Waals surface area (Å²) >= 11 is 0. The minimum absolute atomic E-state index is 0.131. The Morgan fingerprint density at radius 2 is 1.77 bits per heavy atom. The molecule has 1 N–H and O–H groups in total. The van der Waals surface area contributed by atoms with Crippen LogP contribution in [0.5, 0.6) is 0 Å². The van der Waals surface area contributed by atoms with Gasteiger partial charge in [-0.25, -0.2) is 4.39 Å². The summed E-state index contributed by atoms with van der Waals surface area (Å²) in [5.41, 5.74) is 2.48. The lowest BCUT2D eigenvalue weighted by atomic mass is 9.74. The van der Waals surface area contributed by atoms with Crippen LogP contribution >= 0.6 is 0 Å². The van der Waals surface area contributed by atoms with Crippen molar-refractivity contribution in [2.45, 2.75) is 32.1 Å². The normalized spacial score (nSPS) is 15.9. The molecule has 1 heterocycles. The Morgan fingerprint density at radius 3 is 2.47 bits per heavy atom. The molecule has 0 bridgehead atoms. The number of nitrogens with one attached hydrogen (secondary N) is 1. The molecule has 0 radical (unpaired) electrons. The SMILES string of the molecule is CN(C)CCCCNC(=O)C1(Cc2cccc(-c3cccc(F)c3)c2)CCOCC1. The van der Waals surface area contributed by atoms with Gasteiger partial charge in [0.1, 0.15) is 5.82 Å². The summed E-state index contributed by atoms with van der Waals surface area (Å²) in [6.07, 6.45) is 4.16. The predicted molar refractivity (Wildman–Crippen MR) is 119 cm³/mol. The van der Waals surface area contributed by atoms with Crippen molar-refractivity contribution in [2.75, 3.05) is 40.4 Å². The topological polar surface area (TPSA) is 41.6 Å². The number of ether oxygens (including phenoxy) is 1. The number of hydrogen-bond acceptors (Lipinski definition) is 3. The Morgan fingerprint density at radius 1 is 1.07 bits per heavy atom. The van der Waals surface area contributed by atoms with E-state index in [2.05, 4.69) is 36.4 Å². The van der Waals surface area contributed by atoms with Crippen LogP contribution < -0.4 is 5.32 Å². The molecular formula is C25H33FN2O2. The lowest BCUT2D eigenvalue weighted by Crippen LogP contribution is -2.46. The van der Waals surface area contributed by atoms with E-state index < -0.39 is 5.41 Å². The first-order valence-corrected chi connectivity index (χ1v) is 10.8. The van der Waals surface area contributed by atoms with E-state index in [-0.39, 0.29) is 11.7 Å². The third-order valence-corrected chi connectivity index (χ3v) is 5.88. The Labute approximate surface area is 179 Å². The zero-order chi connectivity index (χ0) is 21.4. The second kappa shape index (κ2) is 10.7. The molecule has 4 nitrogen and oxygen atoms in total. The van der Waals surface area contributed by atoms with Gasteiger partial charge in [0.25, 0.3) is 0 Å². The summed E-state index contributed by atoms with van der Waals surface area (Å²) in [6, 6.07) is 14.7. The predicted octanol–water partition coefficient (Wildman–Crippen LogP) is 4.29. The molecule has 0 aliphatic carbocycles. The molecular weight excluding hydrogens is 379 g/mol. The molecule has 1 fully saturated rings. The Hall–Kier alpha value is -2.24. The van der Waals surface area contributed by atoms with Crippen LogP contribution in [0.3, 0.4) is 0 Å². The van der Waals surface area contributed by atoms with Crippen molar-refractivity contribution < 1.29 is 13.9 Å². The second-order valence-corrected chi connectivity index (χ2v) is 8.55. The van der Waals surface area contributed by atoms with E-state index in [9.17, 15) is 9.18 Å². The van der Waals surface area contributed by atoms with E-state index in [1.807, 2.05) is 18.2 Å². The van der Waals surface area contributed by atoms with Crippen LogP contribution in [0.1, 0.15) is 31.2 Å². The molecule has 3 rings (SSSR count). The van der Waals surface area contributed by atoms with Gasteiger partial charge in [0.15, 0.2) is 0 Å². The fourth-order valence-corrected chi connectivity index (χ4v) is 4.11. The largest absolute Gasteiger partial charge is 0.381 e. The second-order valence-electron chi connectivity index (χ2n) is 8.55. The lowest BCUT2D eigenvalue weighted by Gasteiger charge is -2.36. The van der Waals surface area contributed by atoms with Gasteiger partial charge in [-0.2, -0.15) is 0 Å². The average molecular weight is 413 g/mol. The van der Waals surface area contributed by atoms with Crippen molar-refractivity contribution in [3.8, 4) is 11.1 Å². The molecule has 2 aromatic carbocycles. The first-order chi connectivity index (χ1) is 14.5. The maximum atomic E-state index is 13.6. The van der Waals surface area contributed by atoms with Gasteiger partial charge in [-0.3, -0.25) is 4.79 Å². The highest BCUT2D eigenvalue weighted by Gasteiger charge is 2.39. The molecule has 162 valence electrons. The molecule has 2 aromatic rings. The van der Waals surface area contributed by atoms with Crippen LogP contribution in [0.2, 0.25) is 0 Å². The Bertz CT molecular complexity index is 831. The van der Waals surface area contributed by atoms with Crippen molar-refractivity contribution in [3.05, 3.63) is 59.9 Å². The number of carbonyl (C=O) groups excluding carboxylic acids is 1. The van der Waals surface area contributed by atoms with E-state index in [1.54, 1.807) is 12.1 Å². The quantitative estimate of drug-likeness (QED) is 0.625. The molecule has 0 aromatic heterocycles. The number of rotatable bonds is 9. The minimum Gasteiger partial charge on any atom is -0.381 e. The molecule has 0 saturated carbocycles. The molecule has 0 spiro atoms. The molecule has 5 heteroatoms. The number of nitrogens with zero attached hydrogens (tertiary/aromatic N) is 1. The van der Waals surface area contributed by atoms with Gasteiger partial charge in [0.05, 0.1) is 5.41 Å². The summed E-state index contributed by atoms with van der Waals surface area (Å²) in [7, 11) is 4.13. The molecule has 0 atom stereocenters. The number of hydrogen-bond donors (Lipinski definition) is 1. The number of halogens is 1. The standard InChI is InChI=1S/C25H33FN2O2/c1-28(2)14-4-3-13-27-24(29)25(11-15-30-16-12-25)19-20-7-5-8-21(17-20)22-9-6-10-23(26)18-22/h5-10,17-18H,3-4,11-16,19H2,1-2H3,(H,27,29). The van der Waals surface area contributed by atoms with Gasteiger partial charge < -0.3 is 15.0 Å². The third-order valence-electron chi connectivity index (χ3n) is 5.88. The zero-order valence-corrected chi connectivity index (χ0v) is 18.1. The van der Waals surface area contributed by atoms with Gasteiger partial charge in [-0.15, -0.1) is 0 Å². The monoisotopic (exact) mass is 412 g/mol.